The second-order valence-corrected chi connectivity index (χ2v) is 8.78. The van der Waals surface area contributed by atoms with Crippen LogP contribution in [0.2, 0.25) is 0 Å². The van der Waals surface area contributed by atoms with Gasteiger partial charge in [0.05, 0.1) is 12.4 Å². The van der Waals surface area contributed by atoms with E-state index in [9.17, 15) is 9.59 Å². The van der Waals surface area contributed by atoms with Crippen molar-refractivity contribution in [3.8, 4) is 11.5 Å². The van der Waals surface area contributed by atoms with Gasteiger partial charge in [-0.2, -0.15) is 10.2 Å². The molecule has 0 radical (unpaired) electrons. The van der Waals surface area contributed by atoms with Crippen molar-refractivity contribution >= 4 is 24.2 Å². The summed E-state index contributed by atoms with van der Waals surface area (Å²) in [5.74, 6) is 0.635. The minimum atomic E-state index is -0.380. The van der Waals surface area contributed by atoms with E-state index in [1.807, 2.05) is 109 Å². The van der Waals surface area contributed by atoms with E-state index in [1.165, 1.54) is 12.4 Å². The average molecular weight is 535 g/mol. The third kappa shape index (κ3) is 9.90. The van der Waals surface area contributed by atoms with Crippen molar-refractivity contribution in [1.82, 2.24) is 10.9 Å². The molecule has 0 aliphatic heterocycles. The van der Waals surface area contributed by atoms with E-state index in [1.54, 1.807) is 0 Å². The van der Waals surface area contributed by atoms with Crippen LogP contribution in [0.25, 0.3) is 0 Å². The topological polar surface area (TPSA) is 101 Å². The molecular weight excluding hydrogens is 504 g/mol. The van der Waals surface area contributed by atoms with Gasteiger partial charge in [-0.25, -0.2) is 10.9 Å². The Labute approximate surface area is 233 Å². The highest BCUT2D eigenvalue weighted by atomic mass is 16.5. The highest BCUT2D eigenvalue weighted by Crippen LogP contribution is 2.15. The van der Waals surface area contributed by atoms with Crippen LogP contribution in [0, 0.1) is 0 Å². The monoisotopic (exact) mass is 534 g/mol. The van der Waals surface area contributed by atoms with Crippen molar-refractivity contribution in [2.24, 2.45) is 10.2 Å². The second-order valence-electron chi connectivity index (χ2n) is 8.78. The molecule has 2 N–H and O–H groups in total. The predicted molar refractivity (Wildman–Crippen MR) is 155 cm³/mol. The first-order chi connectivity index (χ1) is 19.6. The maximum atomic E-state index is 12.1. The van der Waals surface area contributed by atoms with Gasteiger partial charge in [0, 0.05) is 12.8 Å². The number of hydrazone groups is 2. The molecule has 0 bridgehead atoms. The molecule has 0 saturated carbocycles. The molecule has 0 aliphatic rings. The van der Waals surface area contributed by atoms with Crippen LogP contribution in [0.15, 0.2) is 119 Å². The van der Waals surface area contributed by atoms with Crippen molar-refractivity contribution in [3.05, 3.63) is 131 Å². The number of ether oxygens (including phenoxy) is 2. The molecule has 4 aromatic rings. The summed E-state index contributed by atoms with van der Waals surface area (Å²) < 4.78 is 11.6. The maximum absolute atomic E-state index is 12.1. The third-order valence-corrected chi connectivity index (χ3v) is 5.60. The Bertz CT molecular complexity index is 1330. The Morgan fingerprint density at radius 3 is 1.43 bits per heavy atom. The normalized spacial score (nSPS) is 10.9. The Hall–Kier alpha value is -5.24. The van der Waals surface area contributed by atoms with E-state index in [-0.39, 0.29) is 24.7 Å². The minimum Gasteiger partial charge on any atom is -0.489 e. The van der Waals surface area contributed by atoms with Crippen molar-refractivity contribution in [2.75, 3.05) is 0 Å². The molecule has 4 aromatic carbocycles. The standard InChI is InChI=1S/C32H30N4O4/c37-31(35-33-21-27-13-7-15-29(19-27)39-23-25-9-3-1-4-10-25)17-18-32(38)36-34-22-28-14-8-16-30(20-28)40-24-26-11-5-2-6-12-26/h1-16,19-22H,17-18,23-24H2,(H,35,37)(H,36,38)/b33-21+,34-22+. The fourth-order valence-electron chi connectivity index (χ4n) is 3.55. The molecule has 0 saturated heterocycles. The van der Waals surface area contributed by atoms with Gasteiger partial charge in [-0.1, -0.05) is 84.9 Å². The number of hydrogen-bond donors (Lipinski definition) is 2. The van der Waals surface area contributed by atoms with Gasteiger partial charge in [0.15, 0.2) is 0 Å². The molecular formula is C32H30N4O4. The van der Waals surface area contributed by atoms with E-state index in [0.29, 0.717) is 24.7 Å². The Morgan fingerprint density at radius 1 is 0.575 bits per heavy atom. The molecule has 0 heterocycles. The molecule has 2 amide bonds. The highest BCUT2D eigenvalue weighted by Gasteiger charge is 2.05. The quantitative estimate of drug-likeness (QED) is 0.181. The van der Waals surface area contributed by atoms with E-state index in [0.717, 1.165) is 22.3 Å². The largest absolute Gasteiger partial charge is 0.489 e. The molecule has 40 heavy (non-hydrogen) atoms. The summed E-state index contributed by atoms with van der Waals surface area (Å²) in [4.78, 5) is 24.2. The van der Waals surface area contributed by atoms with Crippen LogP contribution < -0.4 is 20.3 Å². The highest BCUT2D eigenvalue weighted by molar-refractivity contribution is 5.86. The number of amides is 2. The van der Waals surface area contributed by atoms with Gasteiger partial charge in [0.25, 0.3) is 0 Å². The number of rotatable bonds is 13. The van der Waals surface area contributed by atoms with Gasteiger partial charge in [-0.3, -0.25) is 9.59 Å². The van der Waals surface area contributed by atoms with Crippen LogP contribution in [-0.4, -0.2) is 24.2 Å². The summed E-state index contributed by atoms with van der Waals surface area (Å²) >= 11 is 0. The SMILES string of the molecule is O=C(CCC(=O)N/N=C/c1cccc(OCc2ccccc2)c1)N/N=C/c1cccc(OCc2ccccc2)c1. The Morgan fingerprint density at radius 2 is 1.00 bits per heavy atom. The molecule has 0 aromatic heterocycles. The van der Waals surface area contributed by atoms with Crippen LogP contribution in [0.1, 0.15) is 35.1 Å². The van der Waals surface area contributed by atoms with Gasteiger partial charge >= 0.3 is 0 Å². The summed E-state index contributed by atoms with van der Waals surface area (Å²) in [6.07, 6.45) is 2.99. The molecule has 0 unspecified atom stereocenters. The van der Waals surface area contributed by atoms with Crippen LogP contribution in [-0.2, 0) is 22.8 Å². The first-order valence-electron chi connectivity index (χ1n) is 12.8. The fourth-order valence-corrected chi connectivity index (χ4v) is 3.55. The zero-order chi connectivity index (χ0) is 27.8. The number of nitrogens with zero attached hydrogens (tertiary/aromatic N) is 2. The predicted octanol–water partition coefficient (Wildman–Crippen LogP) is 5.23. The van der Waals surface area contributed by atoms with Gasteiger partial charge in [-0.15, -0.1) is 0 Å². The third-order valence-electron chi connectivity index (χ3n) is 5.60. The molecule has 8 heteroatoms. The number of carbonyl (C=O) groups is 2. The zero-order valence-electron chi connectivity index (χ0n) is 21.9. The van der Waals surface area contributed by atoms with Crippen molar-refractivity contribution in [1.29, 1.82) is 0 Å². The Kier molecular flexibility index (Phi) is 10.6. The molecule has 0 aliphatic carbocycles. The first-order valence-corrected chi connectivity index (χ1v) is 12.8. The summed E-state index contributed by atoms with van der Waals surface area (Å²) in [5, 5.41) is 7.94. The minimum absolute atomic E-state index is 0.0261. The van der Waals surface area contributed by atoms with E-state index in [4.69, 9.17) is 9.47 Å². The lowest BCUT2D eigenvalue weighted by Crippen LogP contribution is -2.22. The van der Waals surface area contributed by atoms with Crippen molar-refractivity contribution < 1.29 is 19.1 Å². The van der Waals surface area contributed by atoms with Crippen LogP contribution in [0.3, 0.4) is 0 Å². The lowest BCUT2D eigenvalue weighted by atomic mass is 10.2. The first kappa shape index (κ1) is 27.8. The summed E-state index contributed by atoms with van der Waals surface area (Å²) in [6.45, 7) is 0.916. The zero-order valence-corrected chi connectivity index (χ0v) is 21.9. The van der Waals surface area contributed by atoms with Crippen LogP contribution >= 0.6 is 0 Å². The smallest absolute Gasteiger partial charge is 0.240 e. The van der Waals surface area contributed by atoms with E-state index < -0.39 is 0 Å². The van der Waals surface area contributed by atoms with Gasteiger partial charge in [0.1, 0.15) is 24.7 Å². The fraction of sp³-hybridized carbons (Fsp3) is 0.125. The molecule has 8 nitrogen and oxygen atoms in total. The number of hydrogen-bond acceptors (Lipinski definition) is 6. The van der Waals surface area contributed by atoms with Crippen molar-refractivity contribution in [2.45, 2.75) is 26.1 Å². The number of carbonyl (C=O) groups excluding carboxylic acids is 2. The second kappa shape index (κ2) is 15.2. The van der Waals surface area contributed by atoms with Crippen LogP contribution in [0.4, 0.5) is 0 Å². The molecule has 0 atom stereocenters. The average Bonchev–Trinajstić information content (AvgIpc) is 2.99. The number of benzene rings is 4. The lowest BCUT2D eigenvalue weighted by Gasteiger charge is -2.07. The molecule has 202 valence electrons. The molecule has 4 rings (SSSR count). The number of nitrogens with one attached hydrogen (secondary N) is 2. The summed E-state index contributed by atoms with van der Waals surface area (Å²) in [5.41, 5.74) is 8.55. The van der Waals surface area contributed by atoms with Gasteiger partial charge < -0.3 is 9.47 Å². The maximum Gasteiger partial charge on any atom is 0.240 e. The lowest BCUT2D eigenvalue weighted by molar-refractivity contribution is -0.126. The van der Waals surface area contributed by atoms with Crippen molar-refractivity contribution in [3.63, 3.8) is 0 Å². The van der Waals surface area contributed by atoms with Gasteiger partial charge in [-0.05, 0) is 46.5 Å². The summed E-state index contributed by atoms with van der Waals surface area (Å²) in [7, 11) is 0. The molecule has 0 fully saturated rings. The Balaban J connectivity index is 1.14. The van der Waals surface area contributed by atoms with Crippen LogP contribution in [0.5, 0.6) is 11.5 Å². The summed E-state index contributed by atoms with van der Waals surface area (Å²) in [6, 6.07) is 34.5. The van der Waals surface area contributed by atoms with Gasteiger partial charge in [0.2, 0.25) is 11.8 Å². The molecule has 0 spiro atoms. The van der Waals surface area contributed by atoms with E-state index in [2.05, 4.69) is 21.1 Å². The van der Waals surface area contributed by atoms with E-state index >= 15 is 0 Å².